The summed E-state index contributed by atoms with van der Waals surface area (Å²) >= 11 is 0. The highest BCUT2D eigenvalue weighted by molar-refractivity contribution is 5.75. The van der Waals surface area contributed by atoms with Crippen LogP contribution in [0.5, 0.6) is 0 Å². The second kappa shape index (κ2) is 3.53. The highest BCUT2D eigenvalue weighted by Crippen LogP contribution is 2.29. The van der Waals surface area contributed by atoms with Gasteiger partial charge >= 0.3 is 0 Å². The number of rotatable bonds is 1. The Morgan fingerprint density at radius 3 is 2.35 bits per heavy atom. The summed E-state index contributed by atoms with van der Waals surface area (Å²) in [6.45, 7) is 10.4. The van der Waals surface area contributed by atoms with E-state index in [1.54, 1.807) is 12.4 Å². The topological polar surface area (TPSA) is 56.7 Å². The van der Waals surface area contributed by atoms with Crippen molar-refractivity contribution in [3.8, 4) is 0 Å². The van der Waals surface area contributed by atoms with Crippen molar-refractivity contribution in [3.05, 3.63) is 24.3 Å². The molecule has 0 saturated heterocycles. The summed E-state index contributed by atoms with van der Waals surface area (Å²) in [6.07, 6.45) is 3.58. The van der Waals surface area contributed by atoms with Gasteiger partial charge in [-0.25, -0.2) is 4.98 Å². The van der Waals surface area contributed by atoms with Crippen LogP contribution >= 0.6 is 0 Å². The molecule has 0 bridgehead atoms. The number of imidazole rings is 1. The third kappa shape index (κ3) is 2.05. The summed E-state index contributed by atoms with van der Waals surface area (Å²) in [7, 11) is 0. The fourth-order valence-electron chi connectivity index (χ4n) is 2.04. The quantitative estimate of drug-likeness (QED) is 0.821. The lowest BCUT2D eigenvalue weighted by molar-refractivity contribution is 0.358. The lowest BCUT2D eigenvalue weighted by Gasteiger charge is -2.29. The van der Waals surface area contributed by atoms with E-state index in [2.05, 4.69) is 35.3 Å². The van der Waals surface area contributed by atoms with E-state index in [4.69, 9.17) is 5.73 Å². The van der Waals surface area contributed by atoms with Gasteiger partial charge in [-0.3, -0.25) is 4.98 Å². The molecule has 17 heavy (non-hydrogen) atoms. The van der Waals surface area contributed by atoms with Gasteiger partial charge in [0, 0.05) is 11.7 Å². The molecular weight excluding hydrogens is 212 g/mol. The van der Waals surface area contributed by atoms with Gasteiger partial charge in [-0.05, 0) is 40.7 Å². The maximum atomic E-state index is 6.21. The molecule has 0 amide bonds. The Morgan fingerprint density at radius 1 is 1.18 bits per heavy atom. The van der Waals surface area contributed by atoms with Crippen molar-refractivity contribution in [3.63, 3.8) is 0 Å². The molecule has 4 nitrogen and oxygen atoms in total. The summed E-state index contributed by atoms with van der Waals surface area (Å²) in [5.41, 5.74) is 7.68. The zero-order chi connectivity index (χ0) is 12.8. The summed E-state index contributed by atoms with van der Waals surface area (Å²) in [4.78, 5) is 8.74. The van der Waals surface area contributed by atoms with Gasteiger partial charge in [-0.2, -0.15) is 0 Å². The minimum Gasteiger partial charge on any atom is -0.321 e. The lowest BCUT2D eigenvalue weighted by atomic mass is 10.0. The van der Waals surface area contributed by atoms with Crippen LogP contribution in [0.15, 0.2) is 18.5 Å². The first-order valence-corrected chi connectivity index (χ1v) is 5.83. The second-order valence-electron chi connectivity index (χ2n) is 6.03. The molecule has 0 unspecified atom stereocenters. The van der Waals surface area contributed by atoms with Gasteiger partial charge in [0.15, 0.2) is 0 Å². The van der Waals surface area contributed by atoms with Crippen LogP contribution < -0.4 is 5.73 Å². The molecule has 0 aliphatic heterocycles. The van der Waals surface area contributed by atoms with Gasteiger partial charge in [0.2, 0.25) is 0 Å². The summed E-state index contributed by atoms with van der Waals surface area (Å²) in [6, 6.07) is 1.99. The number of pyridine rings is 1. The molecule has 4 heteroatoms. The van der Waals surface area contributed by atoms with Crippen LogP contribution in [0.25, 0.3) is 11.0 Å². The Labute approximate surface area is 102 Å². The van der Waals surface area contributed by atoms with E-state index in [1.165, 1.54) is 0 Å². The Balaban J connectivity index is 2.84. The zero-order valence-corrected chi connectivity index (χ0v) is 11.2. The SMILES string of the molecule is CC(C)(N)c1nc2cnccc2n1C(C)(C)C. The lowest BCUT2D eigenvalue weighted by Crippen LogP contribution is -2.36. The van der Waals surface area contributed by atoms with Crippen LogP contribution in [-0.4, -0.2) is 14.5 Å². The molecule has 2 N–H and O–H groups in total. The van der Waals surface area contributed by atoms with Crippen molar-refractivity contribution in [2.24, 2.45) is 5.73 Å². The Morgan fingerprint density at radius 2 is 1.82 bits per heavy atom. The van der Waals surface area contributed by atoms with Crippen LogP contribution in [0, 0.1) is 0 Å². The van der Waals surface area contributed by atoms with Gasteiger partial charge in [0.1, 0.15) is 11.3 Å². The molecule has 0 aliphatic carbocycles. The first kappa shape index (κ1) is 12.0. The molecule has 92 valence electrons. The maximum absolute atomic E-state index is 6.21. The van der Waals surface area contributed by atoms with Crippen LogP contribution in [0.1, 0.15) is 40.4 Å². The Hall–Kier alpha value is -1.42. The standard InChI is InChI=1S/C13H20N4/c1-12(2,3)17-10-6-7-15-8-9(10)16-11(17)13(4,5)14/h6-8H,14H2,1-5H3. The van der Waals surface area contributed by atoms with Crippen molar-refractivity contribution in [2.45, 2.75) is 45.7 Å². The maximum Gasteiger partial charge on any atom is 0.130 e. The monoisotopic (exact) mass is 232 g/mol. The summed E-state index contributed by atoms with van der Waals surface area (Å²) in [5.74, 6) is 0.896. The van der Waals surface area contributed by atoms with E-state index in [0.29, 0.717) is 0 Å². The van der Waals surface area contributed by atoms with E-state index in [0.717, 1.165) is 16.9 Å². The molecule has 2 heterocycles. The fourth-order valence-corrected chi connectivity index (χ4v) is 2.04. The van der Waals surface area contributed by atoms with E-state index >= 15 is 0 Å². The third-order valence-corrected chi connectivity index (χ3v) is 2.70. The van der Waals surface area contributed by atoms with Crippen LogP contribution in [-0.2, 0) is 11.1 Å². The molecule has 0 spiro atoms. The fraction of sp³-hybridized carbons (Fsp3) is 0.538. The average molecular weight is 232 g/mol. The summed E-state index contributed by atoms with van der Waals surface area (Å²) < 4.78 is 2.20. The number of nitrogens with zero attached hydrogens (tertiary/aromatic N) is 3. The Bertz CT molecular complexity index is 541. The van der Waals surface area contributed by atoms with Crippen molar-refractivity contribution in [2.75, 3.05) is 0 Å². The van der Waals surface area contributed by atoms with Crippen LogP contribution in [0.4, 0.5) is 0 Å². The number of aromatic nitrogens is 3. The minimum atomic E-state index is -0.466. The molecule has 0 aliphatic rings. The van der Waals surface area contributed by atoms with Crippen LogP contribution in [0.3, 0.4) is 0 Å². The average Bonchev–Trinajstić information content (AvgIpc) is 2.54. The smallest absolute Gasteiger partial charge is 0.130 e. The van der Waals surface area contributed by atoms with Gasteiger partial charge in [0.25, 0.3) is 0 Å². The molecule has 0 radical (unpaired) electrons. The van der Waals surface area contributed by atoms with E-state index in [-0.39, 0.29) is 5.54 Å². The molecular formula is C13H20N4. The van der Waals surface area contributed by atoms with E-state index in [9.17, 15) is 0 Å². The molecule has 0 saturated carbocycles. The van der Waals surface area contributed by atoms with Crippen molar-refractivity contribution < 1.29 is 0 Å². The van der Waals surface area contributed by atoms with Gasteiger partial charge in [0.05, 0.1) is 17.3 Å². The normalized spacial score (nSPS) is 13.3. The Kier molecular flexibility index (Phi) is 2.51. The van der Waals surface area contributed by atoms with Crippen molar-refractivity contribution in [1.29, 1.82) is 0 Å². The first-order valence-electron chi connectivity index (χ1n) is 5.83. The molecule has 2 aromatic rings. The highest BCUT2D eigenvalue weighted by Gasteiger charge is 2.28. The predicted molar refractivity (Wildman–Crippen MR) is 69.7 cm³/mol. The molecule has 2 rings (SSSR count). The van der Waals surface area contributed by atoms with Crippen molar-refractivity contribution in [1.82, 2.24) is 14.5 Å². The number of nitrogens with two attached hydrogens (primary N) is 1. The second-order valence-corrected chi connectivity index (χ2v) is 6.03. The first-order chi connectivity index (χ1) is 7.71. The van der Waals surface area contributed by atoms with Gasteiger partial charge in [-0.15, -0.1) is 0 Å². The van der Waals surface area contributed by atoms with Gasteiger partial charge < -0.3 is 10.3 Å². The highest BCUT2D eigenvalue weighted by atomic mass is 15.2. The number of fused-ring (bicyclic) bond motifs is 1. The summed E-state index contributed by atoms with van der Waals surface area (Å²) in [5, 5.41) is 0. The molecule has 0 aromatic carbocycles. The van der Waals surface area contributed by atoms with Gasteiger partial charge in [-0.1, -0.05) is 0 Å². The largest absolute Gasteiger partial charge is 0.321 e. The van der Waals surface area contributed by atoms with Crippen LogP contribution in [0.2, 0.25) is 0 Å². The molecule has 2 aromatic heterocycles. The molecule has 0 fully saturated rings. The predicted octanol–water partition coefficient (Wildman–Crippen LogP) is 2.38. The van der Waals surface area contributed by atoms with E-state index < -0.39 is 5.54 Å². The number of hydrogen-bond acceptors (Lipinski definition) is 3. The van der Waals surface area contributed by atoms with E-state index in [1.807, 2.05) is 19.9 Å². The zero-order valence-electron chi connectivity index (χ0n) is 11.2. The van der Waals surface area contributed by atoms with Crippen molar-refractivity contribution >= 4 is 11.0 Å². The third-order valence-electron chi connectivity index (χ3n) is 2.70. The number of hydrogen-bond donors (Lipinski definition) is 1. The molecule has 0 atom stereocenters. The minimum absolute atomic E-state index is 0.0535.